The van der Waals surface area contributed by atoms with Gasteiger partial charge in [-0.2, -0.15) is 0 Å². The van der Waals surface area contributed by atoms with Gasteiger partial charge in [-0.25, -0.2) is 14.4 Å². The summed E-state index contributed by atoms with van der Waals surface area (Å²) in [6.45, 7) is -1.01. The Balaban J connectivity index is 1.26. The average molecular weight is 901 g/mol. The van der Waals surface area contributed by atoms with E-state index in [1.165, 1.54) is 18.2 Å². The number of hydrogen-bond acceptors (Lipinski definition) is 21. The number of aliphatic hydroxyl groups is 1. The molecular formula is C44H36O21. The smallest absolute Gasteiger partial charge is 0.339 e. The van der Waals surface area contributed by atoms with Crippen LogP contribution in [0, 0.1) is 0 Å². The maximum absolute atomic E-state index is 14.1. The number of ether oxygens (including phenoxy) is 5. The Labute approximate surface area is 364 Å². The summed E-state index contributed by atoms with van der Waals surface area (Å²) in [5.41, 5.74) is -3.30. The van der Waals surface area contributed by atoms with Crippen molar-refractivity contribution in [2.45, 2.75) is 43.5 Å². The lowest BCUT2D eigenvalue weighted by Gasteiger charge is -2.42. The fraction of sp³-hybridized carbons (Fsp3) is 0.182. The molecule has 12 N–H and O–H groups in total. The quantitative estimate of drug-likeness (QED) is 0.0331. The van der Waals surface area contributed by atoms with E-state index in [1.54, 1.807) is 12.1 Å². The van der Waals surface area contributed by atoms with E-state index >= 15 is 0 Å². The summed E-state index contributed by atoms with van der Waals surface area (Å²) in [4.78, 5) is 54.4. The maximum atomic E-state index is 14.1. The van der Waals surface area contributed by atoms with Crippen LogP contribution in [0.4, 0.5) is 0 Å². The summed E-state index contributed by atoms with van der Waals surface area (Å²) < 4.78 is 28.3. The van der Waals surface area contributed by atoms with Gasteiger partial charge in [-0.1, -0.05) is 18.2 Å². The maximum Gasteiger partial charge on any atom is 0.339 e. The van der Waals surface area contributed by atoms with Crippen molar-refractivity contribution in [3.8, 4) is 80.1 Å². The number of aryl methyl sites for hydroxylation is 1. The third-order valence-electron chi connectivity index (χ3n) is 10.3. The first kappa shape index (κ1) is 44.5. The molecule has 2 aliphatic rings. The van der Waals surface area contributed by atoms with Gasteiger partial charge >= 0.3 is 17.9 Å². The van der Waals surface area contributed by atoms with Crippen LogP contribution in [0.25, 0.3) is 17.2 Å². The molecule has 0 spiro atoms. The number of carbonyl (C=O) groups excluding carboxylic acids is 4. The molecule has 0 unspecified atom stereocenters. The average Bonchev–Trinajstić information content (AvgIpc) is 3.27. The lowest BCUT2D eigenvalue weighted by Crippen LogP contribution is -2.62. The zero-order valence-corrected chi connectivity index (χ0v) is 33.1. The molecule has 5 aromatic rings. The molecule has 0 radical (unpaired) electrons. The Hall–Kier alpha value is -8.56. The van der Waals surface area contributed by atoms with Crippen LogP contribution in [-0.4, -0.2) is 122 Å². The van der Waals surface area contributed by atoms with Crippen LogP contribution in [0.2, 0.25) is 0 Å². The second-order valence-electron chi connectivity index (χ2n) is 14.6. The number of fused-ring (bicyclic) bond motifs is 4. The lowest BCUT2D eigenvalue weighted by molar-refractivity contribution is -0.279. The van der Waals surface area contributed by atoms with Gasteiger partial charge in [0.25, 0.3) is 0 Å². The molecule has 0 aliphatic carbocycles. The fourth-order valence-corrected chi connectivity index (χ4v) is 7.04. The van der Waals surface area contributed by atoms with Crippen molar-refractivity contribution in [2.24, 2.45) is 0 Å². The summed E-state index contributed by atoms with van der Waals surface area (Å²) in [6, 6.07) is 12.3. The summed E-state index contributed by atoms with van der Waals surface area (Å²) >= 11 is 0. The first-order valence-electron chi connectivity index (χ1n) is 19.0. The molecule has 5 aromatic carbocycles. The first-order valence-corrected chi connectivity index (χ1v) is 19.0. The van der Waals surface area contributed by atoms with Crippen LogP contribution in [-0.2, 0) is 30.2 Å². The third-order valence-corrected chi connectivity index (χ3v) is 10.3. The van der Waals surface area contributed by atoms with E-state index in [2.05, 4.69) is 0 Å². The van der Waals surface area contributed by atoms with E-state index in [-0.39, 0.29) is 24.2 Å². The van der Waals surface area contributed by atoms with Crippen molar-refractivity contribution in [1.82, 2.24) is 0 Å². The number of benzene rings is 5. The standard InChI is InChI=1S/C44H36O21/c45-19-6-1-17(2-7-19)3-9-24(47)34-26(49)12-20(13-27(34)50)62-44-39(58)41(64-31(53)10-5-18-4-8-23(46)25(48)11-18)40-30(63-44)16-61-42(59)21-14-28(51)35(54)37(56)32(21)33-22(43(60)65-40)15-29(52)36(55)38(33)57/h1-2,4-8,10-15,30,39-41,44-46,48-52,54-58H,3,9,16H2/b10-5+/t30-,39-,40-,41-,44-/m1/s1. The SMILES string of the molecule is O=C(/C=C/c1ccc(O)c(O)c1)O[C@@H]1[C@@H](O)[C@H](Oc2cc(O)c(C(=O)CCc3ccc(O)cc3)c(O)c2)O[C@@H]2COC(=O)c3cc(O)c(O)c(O)c3-c3c(cc(O)c(O)c3O)C(=O)O[C@@H]12. The zero-order chi connectivity index (χ0) is 47.0. The van der Waals surface area contributed by atoms with Crippen LogP contribution < -0.4 is 4.74 Å². The minimum atomic E-state index is -2.22. The largest absolute Gasteiger partial charge is 0.508 e. The molecule has 2 heterocycles. The Morgan fingerprint density at radius 2 is 1.28 bits per heavy atom. The number of ketones is 1. The van der Waals surface area contributed by atoms with Crippen molar-refractivity contribution < 1.29 is 104 Å². The van der Waals surface area contributed by atoms with Gasteiger partial charge in [0, 0.05) is 35.8 Å². The topological polar surface area (TPSA) is 357 Å². The lowest BCUT2D eigenvalue weighted by atomic mass is 9.92. The second-order valence-corrected chi connectivity index (χ2v) is 14.6. The number of Topliss-reactive ketones (excluding diaryl/α,β-unsaturated/α-hetero) is 1. The number of cyclic esters (lactones) is 1. The van der Waals surface area contributed by atoms with E-state index in [4.69, 9.17) is 23.7 Å². The summed E-state index contributed by atoms with van der Waals surface area (Å²) in [5.74, 6) is -15.5. The molecule has 65 heavy (non-hydrogen) atoms. The van der Waals surface area contributed by atoms with Crippen LogP contribution >= 0.6 is 0 Å². The Morgan fingerprint density at radius 3 is 1.88 bits per heavy atom. The third kappa shape index (κ3) is 8.89. The van der Waals surface area contributed by atoms with Crippen molar-refractivity contribution in [3.05, 3.63) is 101 Å². The number of esters is 3. The molecule has 1 saturated heterocycles. The molecule has 1 fully saturated rings. The molecule has 0 amide bonds. The molecule has 7 rings (SSSR count). The number of hydrogen-bond donors (Lipinski definition) is 12. The molecule has 0 aromatic heterocycles. The van der Waals surface area contributed by atoms with E-state index in [0.717, 1.165) is 36.4 Å². The minimum absolute atomic E-state index is 0.00488. The predicted octanol–water partition coefficient (Wildman–Crippen LogP) is 3.42. The minimum Gasteiger partial charge on any atom is -0.508 e. The molecular weight excluding hydrogens is 864 g/mol. The zero-order valence-electron chi connectivity index (χ0n) is 33.1. The van der Waals surface area contributed by atoms with Gasteiger partial charge in [0.15, 0.2) is 58.6 Å². The van der Waals surface area contributed by atoms with Gasteiger partial charge < -0.3 is 85.0 Å². The van der Waals surface area contributed by atoms with Crippen molar-refractivity contribution >= 4 is 29.8 Å². The van der Waals surface area contributed by atoms with Gasteiger partial charge in [-0.3, -0.25) is 4.79 Å². The highest BCUT2D eigenvalue weighted by atomic mass is 16.7. The number of carbonyl (C=O) groups is 4. The van der Waals surface area contributed by atoms with Gasteiger partial charge in [0.2, 0.25) is 17.8 Å². The molecule has 0 bridgehead atoms. The van der Waals surface area contributed by atoms with Gasteiger partial charge in [-0.15, -0.1) is 0 Å². The summed E-state index contributed by atoms with van der Waals surface area (Å²) in [6.07, 6.45) is -8.35. The molecule has 5 atom stereocenters. The molecule has 338 valence electrons. The van der Waals surface area contributed by atoms with E-state index < -0.39 is 152 Å². The second kappa shape index (κ2) is 17.7. The number of phenolic OH excluding ortho intramolecular Hbond substituents is 11. The highest BCUT2D eigenvalue weighted by Gasteiger charge is 2.52. The fourth-order valence-electron chi connectivity index (χ4n) is 7.04. The highest BCUT2D eigenvalue weighted by molar-refractivity contribution is 6.08. The van der Waals surface area contributed by atoms with Gasteiger partial charge in [-0.05, 0) is 60.0 Å². The van der Waals surface area contributed by atoms with Crippen LogP contribution in [0.5, 0.6) is 69.0 Å². The van der Waals surface area contributed by atoms with Crippen molar-refractivity contribution in [3.63, 3.8) is 0 Å². The number of aromatic hydroxyl groups is 11. The Bertz CT molecular complexity index is 2740. The number of rotatable bonds is 9. The predicted molar refractivity (Wildman–Crippen MR) is 216 cm³/mol. The van der Waals surface area contributed by atoms with Crippen LogP contribution in [0.15, 0.2) is 72.8 Å². The monoisotopic (exact) mass is 900 g/mol. The van der Waals surface area contributed by atoms with Gasteiger partial charge in [0.05, 0.1) is 11.1 Å². The van der Waals surface area contributed by atoms with Crippen LogP contribution in [0.3, 0.4) is 0 Å². The summed E-state index contributed by atoms with van der Waals surface area (Å²) in [5, 5.41) is 126. The Kier molecular flexibility index (Phi) is 12.1. The van der Waals surface area contributed by atoms with Gasteiger partial charge in [0.1, 0.15) is 41.3 Å². The molecule has 21 nitrogen and oxygen atoms in total. The first-order chi connectivity index (χ1) is 30.8. The highest BCUT2D eigenvalue weighted by Crippen LogP contribution is 2.53. The normalized spacial score (nSPS) is 19.4. The summed E-state index contributed by atoms with van der Waals surface area (Å²) in [7, 11) is 0. The van der Waals surface area contributed by atoms with Crippen LogP contribution in [0.1, 0.15) is 48.6 Å². The molecule has 21 heteroatoms. The number of aliphatic hydroxyl groups excluding tert-OH is 1. The van der Waals surface area contributed by atoms with Crippen molar-refractivity contribution in [2.75, 3.05) is 6.61 Å². The van der Waals surface area contributed by atoms with E-state index in [0.29, 0.717) is 17.7 Å². The number of phenols is 11. The molecule has 0 saturated carbocycles. The molecule has 2 aliphatic heterocycles. The van der Waals surface area contributed by atoms with E-state index in [9.17, 15) is 80.5 Å². The van der Waals surface area contributed by atoms with Crippen molar-refractivity contribution in [1.29, 1.82) is 0 Å². The van der Waals surface area contributed by atoms with E-state index in [1.807, 2.05) is 0 Å². The Morgan fingerprint density at radius 1 is 0.677 bits per heavy atom.